The average Bonchev–Trinajstić information content (AvgIpc) is 2.56. The Kier molecular flexibility index (Phi) is 6.85. The zero-order chi connectivity index (χ0) is 17.4. The highest BCUT2D eigenvalue weighted by molar-refractivity contribution is 5.93. The Bertz CT molecular complexity index is 860. The number of aryl methyl sites for hydroxylation is 1. The SMILES string of the molecule is CCn1cc(C(=O)O)c(=O)c2cc(F)c(N3CCN(C)CC3)cc21.O.O. The van der Waals surface area contributed by atoms with Crippen LogP contribution in [0.1, 0.15) is 17.3 Å². The van der Waals surface area contributed by atoms with Crippen molar-refractivity contribution in [2.45, 2.75) is 13.5 Å². The molecule has 2 heterocycles. The molecule has 1 aliphatic heterocycles. The molecule has 1 saturated heterocycles. The molecule has 0 aliphatic carbocycles. The van der Waals surface area contributed by atoms with Crippen LogP contribution in [-0.2, 0) is 6.54 Å². The van der Waals surface area contributed by atoms with Crippen molar-refractivity contribution in [3.63, 3.8) is 0 Å². The molecule has 3 rings (SSSR count). The molecule has 2 aromatic rings. The zero-order valence-electron chi connectivity index (χ0n) is 14.8. The molecule has 1 aromatic heterocycles. The molecule has 9 heteroatoms. The Morgan fingerprint density at radius 2 is 1.81 bits per heavy atom. The second-order valence-electron chi connectivity index (χ2n) is 6.07. The number of piperazine rings is 1. The van der Waals surface area contributed by atoms with Gasteiger partial charge >= 0.3 is 5.97 Å². The lowest BCUT2D eigenvalue weighted by Crippen LogP contribution is -2.44. The minimum Gasteiger partial charge on any atom is -0.477 e. The lowest BCUT2D eigenvalue weighted by Gasteiger charge is -2.34. The number of fused-ring (bicyclic) bond motifs is 1. The number of hydrogen-bond acceptors (Lipinski definition) is 4. The number of halogens is 1. The summed E-state index contributed by atoms with van der Waals surface area (Å²) in [6, 6.07) is 2.83. The maximum absolute atomic E-state index is 14.6. The third-order valence-corrected chi connectivity index (χ3v) is 4.56. The van der Waals surface area contributed by atoms with Crippen LogP contribution in [-0.4, -0.2) is 64.7 Å². The van der Waals surface area contributed by atoms with Crippen LogP contribution in [0.4, 0.5) is 10.1 Å². The van der Waals surface area contributed by atoms with E-state index in [0.717, 1.165) is 13.1 Å². The van der Waals surface area contributed by atoms with Crippen molar-refractivity contribution in [1.82, 2.24) is 9.47 Å². The molecular formula is C17H24FN3O5. The molecule has 26 heavy (non-hydrogen) atoms. The molecular weight excluding hydrogens is 345 g/mol. The van der Waals surface area contributed by atoms with Crippen molar-refractivity contribution in [2.75, 3.05) is 38.1 Å². The summed E-state index contributed by atoms with van der Waals surface area (Å²) in [4.78, 5) is 27.7. The van der Waals surface area contributed by atoms with Crippen LogP contribution in [0.25, 0.3) is 10.9 Å². The van der Waals surface area contributed by atoms with Crippen molar-refractivity contribution >= 4 is 22.6 Å². The van der Waals surface area contributed by atoms with Gasteiger partial charge in [-0.05, 0) is 26.1 Å². The van der Waals surface area contributed by atoms with Gasteiger partial charge in [0.15, 0.2) is 0 Å². The Labute approximate surface area is 149 Å². The lowest BCUT2D eigenvalue weighted by atomic mass is 10.1. The zero-order valence-corrected chi connectivity index (χ0v) is 14.8. The van der Waals surface area contributed by atoms with Crippen molar-refractivity contribution in [3.05, 3.63) is 39.9 Å². The molecule has 0 bridgehead atoms. The quantitative estimate of drug-likeness (QED) is 0.812. The Balaban J connectivity index is 0.00000169. The van der Waals surface area contributed by atoms with Gasteiger partial charge in [-0.1, -0.05) is 0 Å². The van der Waals surface area contributed by atoms with E-state index in [1.54, 1.807) is 10.6 Å². The molecule has 5 N–H and O–H groups in total. The minimum absolute atomic E-state index is 0. The molecule has 0 radical (unpaired) electrons. The predicted octanol–water partition coefficient (Wildman–Crippen LogP) is -0.0389. The molecule has 0 unspecified atom stereocenters. The fraction of sp³-hybridized carbons (Fsp3) is 0.412. The van der Waals surface area contributed by atoms with Crippen LogP contribution < -0.4 is 10.3 Å². The Morgan fingerprint density at radius 1 is 1.19 bits per heavy atom. The molecule has 1 fully saturated rings. The molecule has 0 amide bonds. The molecule has 144 valence electrons. The standard InChI is InChI=1S/C17H20FN3O3.2H2O/c1-3-20-10-12(17(23)24)16(22)11-8-13(18)15(9-14(11)20)21-6-4-19(2)5-7-21;;/h8-10H,3-7H2,1-2H3,(H,23,24);2*1H2. The second-order valence-corrected chi connectivity index (χ2v) is 6.07. The van der Waals surface area contributed by atoms with Crippen LogP contribution >= 0.6 is 0 Å². The van der Waals surface area contributed by atoms with Gasteiger partial charge in [-0.2, -0.15) is 0 Å². The number of likely N-dealkylation sites (N-methyl/N-ethyl adjacent to an activating group) is 1. The number of pyridine rings is 1. The maximum Gasteiger partial charge on any atom is 0.341 e. The van der Waals surface area contributed by atoms with Gasteiger partial charge in [0, 0.05) is 44.3 Å². The summed E-state index contributed by atoms with van der Waals surface area (Å²) in [6.45, 7) is 5.45. The van der Waals surface area contributed by atoms with Crippen molar-refractivity contribution in [2.24, 2.45) is 0 Å². The van der Waals surface area contributed by atoms with Crippen LogP contribution in [0.15, 0.2) is 23.1 Å². The lowest BCUT2D eigenvalue weighted by molar-refractivity contribution is 0.0695. The van der Waals surface area contributed by atoms with Crippen molar-refractivity contribution in [3.8, 4) is 0 Å². The van der Waals surface area contributed by atoms with Crippen molar-refractivity contribution < 1.29 is 25.2 Å². The Morgan fingerprint density at radius 3 is 2.35 bits per heavy atom. The summed E-state index contributed by atoms with van der Waals surface area (Å²) in [7, 11) is 2.02. The first kappa shape index (κ1) is 21.6. The number of benzene rings is 1. The summed E-state index contributed by atoms with van der Waals surface area (Å²) in [6.07, 6.45) is 1.33. The van der Waals surface area contributed by atoms with Gasteiger partial charge in [-0.3, -0.25) is 4.79 Å². The van der Waals surface area contributed by atoms with Gasteiger partial charge < -0.3 is 30.4 Å². The van der Waals surface area contributed by atoms with Crippen LogP contribution in [0, 0.1) is 5.82 Å². The van der Waals surface area contributed by atoms with E-state index in [2.05, 4.69) is 4.90 Å². The number of rotatable bonds is 3. The number of nitrogens with zero attached hydrogens (tertiary/aromatic N) is 3. The largest absolute Gasteiger partial charge is 0.477 e. The van der Waals surface area contributed by atoms with Gasteiger partial charge in [0.25, 0.3) is 0 Å². The smallest absolute Gasteiger partial charge is 0.341 e. The monoisotopic (exact) mass is 369 g/mol. The van der Waals surface area contributed by atoms with Crippen molar-refractivity contribution in [1.29, 1.82) is 0 Å². The first-order valence-corrected chi connectivity index (χ1v) is 7.96. The number of aromatic carboxylic acids is 1. The maximum atomic E-state index is 14.6. The topological polar surface area (TPSA) is 129 Å². The third-order valence-electron chi connectivity index (χ3n) is 4.56. The van der Waals surface area contributed by atoms with Crippen LogP contribution in [0.3, 0.4) is 0 Å². The highest BCUT2D eigenvalue weighted by Gasteiger charge is 2.21. The average molecular weight is 369 g/mol. The first-order valence-electron chi connectivity index (χ1n) is 7.96. The number of hydrogen-bond donors (Lipinski definition) is 1. The van der Waals surface area contributed by atoms with Gasteiger partial charge in [-0.25, -0.2) is 9.18 Å². The van der Waals surface area contributed by atoms with E-state index in [4.69, 9.17) is 0 Å². The van der Waals surface area contributed by atoms with E-state index in [1.807, 2.05) is 18.9 Å². The summed E-state index contributed by atoms with van der Waals surface area (Å²) in [5.41, 5.74) is 0.0326. The van der Waals surface area contributed by atoms with Gasteiger partial charge in [0.1, 0.15) is 11.4 Å². The number of carboxylic acids is 1. The fourth-order valence-electron chi connectivity index (χ4n) is 3.10. The predicted molar refractivity (Wildman–Crippen MR) is 97.7 cm³/mol. The van der Waals surface area contributed by atoms with E-state index >= 15 is 0 Å². The minimum atomic E-state index is -1.30. The highest BCUT2D eigenvalue weighted by atomic mass is 19.1. The third kappa shape index (κ3) is 3.69. The molecule has 8 nitrogen and oxygen atoms in total. The highest BCUT2D eigenvalue weighted by Crippen LogP contribution is 2.26. The molecule has 1 aromatic carbocycles. The summed E-state index contributed by atoms with van der Waals surface area (Å²) in [5.74, 6) is -1.79. The summed E-state index contributed by atoms with van der Waals surface area (Å²) in [5, 5.41) is 9.28. The van der Waals surface area contributed by atoms with E-state index < -0.39 is 17.2 Å². The van der Waals surface area contributed by atoms with E-state index in [-0.39, 0.29) is 21.9 Å². The number of aromatic nitrogens is 1. The first-order chi connectivity index (χ1) is 11.4. The number of carbonyl (C=O) groups is 1. The van der Waals surface area contributed by atoms with E-state index in [9.17, 15) is 19.1 Å². The van der Waals surface area contributed by atoms with Gasteiger partial charge in [-0.15, -0.1) is 0 Å². The van der Waals surface area contributed by atoms with Gasteiger partial charge in [0.2, 0.25) is 5.43 Å². The summed E-state index contributed by atoms with van der Waals surface area (Å²) < 4.78 is 16.3. The van der Waals surface area contributed by atoms with Gasteiger partial charge in [0.05, 0.1) is 11.2 Å². The molecule has 0 atom stereocenters. The molecule has 0 spiro atoms. The van der Waals surface area contributed by atoms with E-state index in [1.165, 1.54) is 12.3 Å². The molecule has 0 saturated carbocycles. The summed E-state index contributed by atoms with van der Waals surface area (Å²) >= 11 is 0. The number of anilines is 1. The second kappa shape index (κ2) is 8.26. The number of carboxylic acid groups (broad SMARTS) is 1. The van der Waals surface area contributed by atoms with Crippen LogP contribution in [0.5, 0.6) is 0 Å². The normalized spacial score (nSPS) is 14.7. The Hall–Kier alpha value is -2.49. The molecule has 1 aliphatic rings. The van der Waals surface area contributed by atoms with Crippen LogP contribution in [0.2, 0.25) is 0 Å². The fourth-order valence-corrected chi connectivity index (χ4v) is 3.10. The van der Waals surface area contributed by atoms with E-state index in [0.29, 0.717) is 30.8 Å².